The number of ether oxygens (including phenoxy) is 5. The van der Waals surface area contributed by atoms with Crippen molar-refractivity contribution in [3.63, 3.8) is 0 Å². The Morgan fingerprint density at radius 3 is 2.45 bits per heavy atom. The third-order valence-electron chi connectivity index (χ3n) is 8.29. The molecule has 1 aromatic carbocycles. The molecule has 0 bridgehead atoms. The molecule has 0 radical (unpaired) electrons. The fraction of sp³-hybridized carbons (Fsp3) is 0.571. The van der Waals surface area contributed by atoms with Crippen LogP contribution in [-0.4, -0.2) is 50.6 Å². The van der Waals surface area contributed by atoms with Gasteiger partial charge in [0.2, 0.25) is 11.8 Å². The summed E-state index contributed by atoms with van der Waals surface area (Å²) in [5, 5.41) is 14.0. The number of carbonyl (C=O) groups excluding carboxylic acids is 1. The number of nitrogens with one attached hydrogen (secondary N) is 1. The minimum absolute atomic E-state index is 0.0188. The summed E-state index contributed by atoms with van der Waals surface area (Å²) in [7, 11) is 3.31. The maximum absolute atomic E-state index is 13.3. The van der Waals surface area contributed by atoms with E-state index < -0.39 is 18.1 Å². The number of methoxy groups -OCH3 is 2. The van der Waals surface area contributed by atoms with Gasteiger partial charge in [-0.3, -0.25) is 10.1 Å². The van der Waals surface area contributed by atoms with E-state index in [0.29, 0.717) is 42.8 Å². The molecule has 44 heavy (non-hydrogen) atoms. The zero-order chi connectivity index (χ0) is 32.1. The van der Waals surface area contributed by atoms with Crippen molar-refractivity contribution in [3.05, 3.63) is 71.7 Å². The number of hydrogen-bond acceptors (Lipinski definition) is 8. The SMILES string of the molecule is COCCCOc1cc(CC(CC(N)C(O)CC(C(=O)NC2=COC(C3=CC=CCC3)=CO2)C(C)C)C(C)C)ccc1OC. The maximum atomic E-state index is 13.3. The van der Waals surface area contributed by atoms with Gasteiger partial charge in [-0.05, 0) is 73.1 Å². The van der Waals surface area contributed by atoms with Crippen molar-refractivity contribution in [1.82, 2.24) is 5.32 Å². The van der Waals surface area contributed by atoms with Crippen molar-refractivity contribution in [1.29, 1.82) is 0 Å². The quantitative estimate of drug-likeness (QED) is 0.179. The van der Waals surface area contributed by atoms with Crippen molar-refractivity contribution in [3.8, 4) is 11.5 Å². The summed E-state index contributed by atoms with van der Waals surface area (Å²) in [6, 6.07) is 5.51. The fourth-order valence-electron chi connectivity index (χ4n) is 5.39. The summed E-state index contributed by atoms with van der Waals surface area (Å²) in [5.41, 5.74) is 8.75. The first-order valence-corrected chi connectivity index (χ1v) is 15.8. The molecule has 3 rings (SSSR count). The van der Waals surface area contributed by atoms with Crippen molar-refractivity contribution in [2.45, 2.75) is 78.4 Å². The number of aliphatic hydroxyl groups is 1. The first-order chi connectivity index (χ1) is 21.1. The van der Waals surface area contributed by atoms with Crippen molar-refractivity contribution >= 4 is 5.91 Å². The van der Waals surface area contributed by atoms with Gasteiger partial charge in [-0.15, -0.1) is 0 Å². The van der Waals surface area contributed by atoms with E-state index in [-0.39, 0.29) is 30.0 Å². The van der Waals surface area contributed by atoms with E-state index in [9.17, 15) is 9.90 Å². The molecule has 9 heteroatoms. The smallest absolute Gasteiger partial charge is 0.235 e. The minimum Gasteiger partial charge on any atom is -0.493 e. The number of amides is 1. The summed E-state index contributed by atoms with van der Waals surface area (Å²) < 4.78 is 28.0. The third kappa shape index (κ3) is 10.7. The molecule has 1 amide bonds. The predicted molar refractivity (Wildman–Crippen MR) is 171 cm³/mol. The van der Waals surface area contributed by atoms with Gasteiger partial charge < -0.3 is 34.5 Å². The summed E-state index contributed by atoms with van der Waals surface area (Å²) in [6.45, 7) is 9.43. The first kappa shape index (κ1) is 35.2. The molecule has 4 atom stereocenters. The Morgan fingerprint density at radius 2 is 1.84 bits per heavy atom. The van der Waals surface area contributed by atoms with Crippen LogP contribution in [0.3, 0.4) is 0 Å². The Hall–Kier alpha value is -3.27. The highest BCUT2D eigenvalue weighted by molar-refractivity contribution is 5.80. The highest BCUT2D eigenvalue weighted by atomic mass is 16.6. The van der Waals surface area contributed by atoms with Gasteiger partial charge in [-0.25, -0.2) is 0 Å². The van der Waals surface area contributed by atoms with Crippen LogP contribution in [0.25, 0.3) is 0 Å². The molecule has 0 fully saturated rings. The number of hydrogen-bond donors (Lipinski definition) is 3. The Labute approximate surface area is 263 Å². The van der Waals surface area contributed by atoms with Crippen molar-refractivity contribution < 1.29 is 33.6 Å². The van der Waals surface area contributed by atoms with Crippen LogP contribution < -0.4 is 20.5 Å². The monoisotopic (exact) mass is 612 g/mol. The normalized spacial score (nSPS) is 17.5. The Bertz CT molecular complexity index is 1190. The molecule has 0 spiro atoms. The Balaban J connectivity index is 1.57. The summed E-state index contributed by atoms with van der Waals surface area (Å²) in [6.07, 6.45) is 12.4. The molecule has 1 aliphatic carbocycles. The molecule has 244 valence electrons. The first-order valence-electron chi connectivity index (χ1n) is 15.8. The molecular weight excluding hydrogens is 560 g/mol. The number of nitrogens with two attached hydrogens (primary N) is 1. The largest absolute Gasteiger partial charge is 0.493 e. The second-order valence-electron chi connectivity index (χ2n) is 12.3. The lowest BCUT2D eigenvalue weighted by Gasteiger charge is -2.30. The molecule has 0 saturated carbocycles. The van der Waals surface area contributed by atoms with E-state index in [4.69, 9.17) is 29.4 Å². The lowest BCUT2D eigenvalue weighted by Crippen LogP contribution is -2.42. The summed E-state index contributed by atoms with van der Waals surface area (Å²) >= 11 is 0. The van der Waals surface area contributed by atoms with Gasteiger partial charge in [0.1, 0.15) is 6.26 Å². The average Bonchev–Trinajstić information content (AvgIpc) is 3.02. The summed E-state index contributed by atoms with van der Waals surface area (Å²) in [5.74, 6) is 2.07. The van der Waals surface area contributed by atoms with Gasteiger partial charge >= 0.3 is 0 Å². The van der Waals surface area contributed by atoms with Crippen molar-refractivity contribution in [2.75, 3.05) is 27.4 Å². The molecule has 9 nitrogen and oxygen atoms in total. The molecule has 2 aliphatic rings. The van der Waals surface area contributed by atoms with E-state index in [1.54, 1.807) is 14.2 Å². The molecule has 4 unspecified atom stereocenters. The lowest BCUT2D eigenvalue weighted by molar-refractivity contribution is -0.127. The number of carbonyl (C=O) groups is 1. The van der Waals surface area contributed by atoms with Crippen LogP contribution in [0.5, 0.6) is 11.5 Å². The molecular formula is C35H52N2O7. The summed E-state index contributed by atoms with van der Waals surface area (Å²) in [4.78, 5) is 13.3. The number of rotatable bonds is 18. The molecule has 1 aliphatic heterocycles. The number of benzene rings is 1. The van der Waals surface area contributed by atoms with E-state index in [1.165, 1.54) is 12.5 Å². The third-order valence-corrected chi connectivity index (χ3v) is 8.29. The molecule has 0 aromatic heterocycles. The lowest BCUT2D eigenvalue weighted by atomic mass is 9.81. The van der Waals surface area contributed by atoms with Gasteiger partial charge in [0.05, 0.1) is 19.8 Å². The Kier molecular flexibility index (Phi) is 14.3. The van der Waals surface area contributed by atoms with E-state index in [2.05, 4.69) is 25.2 Å². The molecule has 1 aromatic rings. The maximum Gasteiger partial charge on any atom is 0.235 e. The van der Waals surface area contributed by atoms with Gasteiger partial charge in [0.15, 0.2) is 23.5 Å². The van der Waals surface area contributed by atoms with Gasteiger partial charge in [0.25, 0.3) is 0 Å². The zero-order valence-electron chi connectivity index (χ0n) is 27.2. The van der Waals surface area contributed by atoms with Crippen molar-refractivity contribution in [2.24, 2.45) is 29.4 Å². The van der Waals surface area contributed by atoms with Crippen LogP contribution in [-0.2, 0) is 25.4 Å². The highest BCUT2D eigenvalue weighted by Gasteiger charge is 2.31. The second kappa shape index (κ2) is 17.9. The van der Waals surface area contributed by atoms with E-state index in [0.717, 1.165) is 36.8 Å². The Morgan fingerprint density at radius 1 is 1.05 bits per heavy atom. The number of aliphatic hydroxyl groups excluding tert-OH is 1. The molecule has 0 saturated heterocycles. The minimum atomic E-state index is -0.847. The van der Waals surface area contributed by atoms with E-state index in [1.807, 2.05) is 44.2 Å². The van der Waals surface area contributed by atoms with Gasteiger partial charge in [-0.2, -0.15) is 0 Å². The van der Waals surface area contributed by atoms with Gasteiger partial charge in [-0.1, -0.05) is 52.0 Å². The van der Waals surface area contributed by atoms with Crippen LogP contribution in [0, 0.1) is 23.7 Å². The molecule has 4 N–H and O–H groups in total. The van der Waals surface area contributed by atoms with E-state index >= 15 is 0 Å². The predicted octanol–water partition coefficient (Wildman–Crippen LogP) is 5.75. The topological polar surface area (TPSA) is 122 Å². The van der Waals surface area contributed by atoms with Crippen LogP contribution in [0.2, 0.25) is 0 Å². The van der Waals surface area contributed by atoms with Crippen LogP contribution in [0.1, 0.15) is 65.4 Å². The van der Waals surface area contributed by atoms with Crippen LogP contribution in [0.4, 0.5) is 0 Å². The fourth-order valence-corrected chi connectivity index (χ4v) is 5.39. The second-order valence-corrected chi connectivity index (χ2v) is 12.3. The highest BCUT2D eigenvalue weighted by Crippen LogP contribution is 2.32. The van der Waals surface area contributed by atoms with Gasteiger partial charge in [0, 0.05) is 32.1 Å². The van der Waals surface area contributed by atoms with Crippen LogP contribution >= 0.6 is 0 Å². The zero-order valence-corrected chi connectivity index (χ0v) is 27.2. The standard InChI is InChI=1S/C35H52N2O7/c1-23(2)27(17-25-13-14-31(41-6)32(18-25)42-16-10-15-40-5)19-29(36)30(38)20-28(24(3)4)35(39)37-34-22-43-33(21-44-34)26-11-8-7-9-12-26/h7-8,11,13-14,18,21-24,27-30,38H,9-10,12,15-17,19-20,36H2,1-6H3,(H,37,39). The van der Waals surface area contributed by atoms with Crippen LogP contribution in [0.15, 0.2) is 66.2 Å². The average molecular weight is 613 g/mol. The number of allylic oxidation sites excluding steroid dienone is 4. The molecule has 1 heterocycles.